The number of nitrogens with zero attached hydrogens (tertiary/aromatic N) is 2. The summed E-state index contributed by atoms with van der Waals surface area (Å²) in [4.78, 5) is 18.5. The van der Waals surface area contributed by atoms with Gasteiger partial charge in [0.25, 0.3) is 0 Å². The Labute approximate surface area is 237 Å². The van der Waals surface area contributed by atoms with E-state index in [-0.39, 0.29) is 6.04 Å². The first-order valence-corrected chi connectivity index (χ1v) is 14.4. The lowest BCUT2D eigenvalue weighted by atomic mass is 10.0. The monoisotopic (exact) mass is 578 g/mol. The number of benzene rings is 2. The van der Waals surface area contributed by atoms with E-state index in [1.165, 1.54) is 14.2 Å². The van der Waals surface area contributed by atoms with Crippen molar-refractivity contribution in [3.63, 3.8) is 0 Å². The number of hydrogen-bond donors (Lipinski definition) is 2. The summed E-state index contributed by atoms with van der Waals surface area (Å²) >= 11 is 5.78. The van der Waals surface area contributed by atoms with Gasteiger partial charge in [0.15, 0.2) is 5.11 Å². The van der Waals surface area contributed by atoms with Crippen LogP contribution >= 0.6 is 12.2 Å². The van der Waals surface area contributed by atoms with Gasteiger partial charge in [0.2, 0.25) is 10.0 Å². The molecule has 0 unspecified atom stereocenters. The van der Waals surface area contributed by atoms with Crippen molar-refractivity contribution in [1.29, 1.82) is 0 Å². The first-order valence-electron chi connectivity index (χ1n) is 12.1. The minimum Gasteiger partial charge on any atom is -0.494 e. The van der Waals surface area contributed by atoms with Crippen LogP contribution < -0.4 is 19.7 Å². The van der Waals surface area contributed by atoms with Gasteiger partial charge < -0.3 is 24.1 Å². The molecule has 2 N–H and O–H groups in total. The van der Waals surface area contributed by atoms with Crippen LogP contribution in [0.2, 0.25) is 0 Å². The number of rotatable bonds is 8. The zero-order valence-corrected chi connectivity index (χ0v) is 23.5. The number of pyridine rings is 1. The Balaban J connectivity index is 1.58. The van der Waals surface area contributed by atoms with E-state index in [0.29, 0.717) is 44.9 Å². The molecule has 5 rings (SSSR count). The molecule has 1 aliphatic heterocycles. The lowest BCUT2D eigenvalue weighted by Gasteiger charge is -2.27. The van der Waals surface area contributed by atoms with Gasteiger partial charge in [-0.15, -0.1) is 0 Å². The molecule has 1 fully saturated rings. The molecule has 2 atom stereocenters. The molecule has 0 amide bonds. The highest BCUT2D eigenvalue weighted by molar-refractivity contribution is 7.92. The molecule has 0 spiro atoms. The quantitative estimate of drug-likeness (QED) is 0.225. The molecule has 3 heterocycles. The number of carbonyl (C=O) groups excluding carboxylic acids is 1. The zero-order valence-electron chi connectivity index (χ0n) is 21.8. The number of aromatic nitrogens is 1. The third kappa shape index (κ3) is 5.49. The van der Waals surface area contributed by atoms with Crippen molar-refractivity contribution < 1.29 is 27.1 Å². The van der Waals surface area contributed by atoms with Gasteiger partial charge in [-0.2, -0.15) is 0 Å². The van der Waals surface area contributed by atoms with Crippen LogP contribution in [0, 0.1) is 0 Å². The van der Waals surface area contributed by atoms with E-state index in [1.54, 1.807) is 42.6 Å². The highest BCUT2D eigenvalue weighted by atomic mass is 32.2. The van der Waals surface area contributed by atoms with Crippen LogP contribution in [0.25, 0.3) is 11.3 Å². The smallest absolute Gasteiger partial charge is 0.337 e. The van der Waals surface area contributed by atoms with Crippen LogP contribution in [0.3, 0.4) is 0 Å². The maximum atomic E-state index is 12.1. The standard InChI is InChI=1S/C28H26N4O6S2/c1-36-24-16-19(10-11-20(24)31-40(3,34)35)32-26(25(30-28(32)39)21-9-4-5-14-29-21)23-13-12-22(38-23)17-7-6-8-18(15-17)27(33)37-2/h4-16,25-26,31H,1-3H3,(H,30,39)/t25-,26+/m0/s1. The minimum atomic E-state index is -3.52. The van der Waals surface area contributed by atoms with Crippen molar-refractivity contribution in [2.45, 2.75) is 12.1 Å². The number of furan rings is 1. The summed E-state index contributed by atoms with van der Waals surface area (Å²) in [5.74, 6) is 1.04. The number of anilines is 2. The average molecular weight is 579 g/mol. The van der Waals surface area contributed by atoms with Crippen molar-refractivity contribution in [3.05, 3.63) is 96.0 Å². The van der Waals surface area contributed by atoms with Crippen molar-refractivity contribution in [2.75, 3.05) is 30.1 Å². The molecule has 12 heteroatoms. The maximum absolute atomic E-state index is 12.1. The number of nitrogens with one attached hydrogen (secondary N) is 2. The predicted molar refractivity (Wildman–Crippen MR) is 155 cm³/mol. The molecule has 1 aliphatic rings. The van der Waals surface area contributed by atoms with Crippen LogP contribution in [0.5, 0.6) is 5.75 Å². The molecule has 2 aromatic heterocycles. The Hall–Kier alpha value is -4.42. The highest BCUT2D eigenvalue weighted by Gasteiger charge is 2.43. The Bertz CT molecular complexity index is 1670. The van der Waals surface area contributed by atoms with Crippen LogP contribution in [0.1, 0.15) is 33.9 Å². The molecular formula is C28H26N4O6S2. The zero-order chi connectivity index (χ0) is 28.4. The fraction of sp³-hybridized carbons (Fsp3) is 0.179. The van der Waals surface area contributed by atoms with E-state index in [1.807, 2.05) is 41.3 Å². The molecule has 0 aliphatic carbocycles. The summed E-state index contributed by atoms with van der Waals surface area (Å²) in [6, 6.07) is 20.6. The second-order valence-corrected chi connectivity index (χ2v) is 11.2. The highest BCUT2D eigenvalue weighted by Crippen LogP contribution is 2.44. The summed E-state index contributed by atoms with van der Waals surface area (Å²) in [6.45, 7) is 0. The lowest BCUT2D eigenvalue weighted by Crippen LogP contribution is -2.29. The second-order valence-electron chi connectivity index (χ2n) is 9.03. The van der Waals surface area contributed by atoms with Crippen molar-refractivity contribution in [3.8, 4) is 17.1 Å². The summed E-state index contributed by atoms with van der Waals surface area (Å²) in [6.07, 6.45) is 2.78. The van der Waals surface area contributed by atoms with Crippen LogP contribution in [-0.4, -0.2) is 45.0 Å². The van der Waals surface area contributed by atoms with Crippen LogP contribution in [-0.2, 0) is 14.8 Å². The summed E-state index contributed by atoms with van der Waals surface area (Å²) in [5, 5.41) is 3.79. The average Bonchev–Trinajstić information content (AvgIpc) is 3.57. The lowest BCUT2D eigenvalue weighted by molar-refractivity contribution is 0.0600. The number of carbonyl (C=O) groups is 1. The molecule has 0 radical (unpaired) electrons. The van der Waals surface area contributed by atoms with E-state index in [0.717, 1.165) is 11.9 Å². The van der Waals surface area contributed by atoms with Crippen molar-refractivity contribution in [1.82, 2.24) is 10.3 Å². The van der Waals surface area contributed by atoms with Crippen molar-refractivity contribution >= 4 is 44.7 Å². The van der Waals surface area contributed by atoms with Gasteiger partial charge in [0, 0.05) is 23.5 Å². The van der Waals surface area contributed by atoms with Gasteiger partial charge in [-0.25, -0.2) is 13.2 Å². The van der Waals surface area contributed by atoms with Crippen LogP contribution in [0.4, 0.5) is 11.4 Å². The Morgan fingerprint density at radius 2 is 1.90 bits per heavy atom. The first-order chi connectivity index (χ1) is 19.2. The Morgan fingerprint density at radius 3 is 2.60 bits per heavy atom. The summed E-state index contributed by atoms with van der Waals surface area (Å²) in [5.41, 5.74) is 2.83. The molecule has 10 nitrogen and oxygen atoms in total. The number of methoxy groups -OCH3 is 2. The largest absolute Gasteiger partial charge is 0.494 e. The molecule has 4 aromatic rings. The fourth-order valence-corrected chi connectivity index (χ4v) is 5.53. The first kappa shape index (κ1) is 27.2. The Morgan fingerprint density at radius 1 is 1.07 bits per heavy atom. The van der Waals surface area contributed by atoms with E-state index in [4.69, 9.17) is 26.1 Å². The van der Waals surface area contributed by atoms with Gasteiger partial charge in [0.1, 0.15) is 23.3 Å². The number of esters is 1. The van der Waals surface area contributed by atoms with E-state index in [9.17, 15) is 13.2 Å². The third-order valence-corrected chi connectivity index (χ3v) is 7.25. The van der Waals surface area contributed by atoms with E-state index < -0.39 is 22.0 Å². The molecule has 40 heavy (non-hydrogen) atoms. The number of sulfonamides is 1. The number of ether oxygens (including phenoxy) is 2. The van der Waals surface area contributed by atoms with Gasteiger partial charge >= 0.3 is 5.97 Å². The van der Waals surface area contributed by atoms with Crippen LogP contribution in [0.15, 0.2) is 83.4 Å². The minimum absolute atomic E-state index is 0.301. The topological polar surface area (TPSA) is 123 Å². The molecule has 0 saturated carbocycles. The van der Waals surface area contributed by atoms with Gasteiger partial charge in [0.05, 0.1) is 43.5 Å². The normalized spacial score (nSPS) is 16.9. The molecular weight excluding hydrogens is 552 g/mol. The second kappa shape index (κ2) is 11.0. The molecule has 1 saturated heterocycles. The molecule has 2 aromatic carbocycles. The predicted octanol–water partition coefficient (Wildman–Crippen LogP) is 4.69. The SMILES string of the molecule is COC(=O)c1cccc(-c2ccc([C@@H]3[C@H](c4ccccn4)NC(=S)N3c3ccc(NS(C)(=O)=O)c(OC)c3)o2)c1. The van der Waals surface area contributed by atoms with E-state index >= 15 is 0 Å². The third-order valence-electron chi connectivity index (χ3n) is 6.34. The molecule has 0 bridgehead atoms. The number of thiocarbonyl (C=S) groups is 1. The fourth-order valence-electron chi connectivity index (χ4n) is 4.62. The maximum Gasteiger partial charge on any atom is 0.337 e. The number of hydrogen-bond acceptors (Lipinski definition) is 8. The molecule has 206 valence electrons. The Kier molecular flexibility index (Phi) is 7.46. The van der Waals surface area contributed by atoms with Crippen molar-refractivity contribution in [2.24, 2.45) is 0 Å². The van der Waals surface area contributed by atoms with Gasteiger partial charge in [-0.05, 0) is 60.7 Å². The van der Waals surface area contributed by atoms with Gasteiger partial charge in [-0.1, -0.05) is 18.2 Å². The summed E-state index contributed by atoms with van der Waals surface area (Å²) < 4.78 is 42.9. The van der Waals surface area contributed by atoms with E-state index in [2.05, 4.69) is 15.0 Å². The summed E-state index contributed by atoms with van der Waals surface area (Å²) in [7, 11) is -0.724. The van der Waals surface area contributed by atoms with Gasteiger partial charge in [-0.3, -0.25) is 9.71 Å².